The Bertz CT molecular complexity index is 1160. The van der Waals surface area contributed by atoms with E-state index in [-0.39, 0.29) is 24.3 Å². The zero-order chi connectivity index (χ0) is 25.2. The molecule has 6 nitrogen and oxygen atoms in total. The van der Waals surface area contributed by atoms with Gasteiger partial charge in [0.1, 0.15) is 5.75 Å². The first kappa shape index (κ1) is 24.8. The molecule has 2 N–H and O–H groups in total. The lowest BCUT2D eigenvalue weighted by Crippen LogP contribution is -2.47. The number of hydrogen-bond acceptors (Lipinski definition) is 4. The summed E-state index contributed by atoms with van der Waals surface area (Å²) in [6, 6.07) is 8.50. The smallest absolute Gasteiger partial charge is 0.416 e. The number of alkyl halides is 3. The molecular weight excluding hydrogens is 459 g/mol. The average Bonchev–Trinajstić information content (AvgIpc) is 3.01. The van der Waals surface area contributed by atoms with Gasteiger partial charge in [0.15, 0.2) is 0 Å². The maximum absolute atomic E-state index is 13.1. The number of likely N-dealkylation sites (N-methyl/N-ethyl adjacent to an activating group) is 1. The van der Waals surface area contributed by atoms with E-state index in [4.69, 9.17) is 4.74 Å². The Kier molecular flexibility index (Phi) is 7.16. The Labute approximate surface area is 202 Å². The first-order chi connectivity index (χ1) is 16.7. The Hall–Kier alpha value is -3.33. The number of hydrogen-bond donors (Lipinski definition) is 2. The monoisotopic (exact) mass is 487 g/mol. The van der Waals surface area contributed by atoms with E-state index in [0.717, 1.165) is 30.8 Å². The SMILES string of the molecule is CCN(CC)C1Cc2ccc(NC(=O)C=C3CCCOc4cc(C(F)(F)F)ccc43)cc2NC1=O. The van der Waals surface area contributed by atoms with Gasteiger partial charge in [-0.3, -0.25) is 14.5 Å². The van der Waals surface area contributed by atoms with Crippen molar-refractivity contribution >= 4 is 28.8 Å². The Morgan fingerprint density at radius 2 is 1.97 bits per heavy atom. The van der Waals surface area contributed by atoms with Crippen molar-refractivity contribution in [1.29, 1.82) is 0 Å². The van der Waals surface area contributed by atoms with Gasteiger partial charge in [-0.1, -0.05) is 26.0 Å². The lowest BCUT2D eigenvalue weighted by Gasteiger charge is -2.33. The number of allylic oxidation sites excluding steroid dienone is 1. The molecule has 0 saturated carbocycles. The van der Waals surface area contributed by atoms with Crippen LogP contribution in [0.15, 0.2) is 42.5 Å². The van der Waals surface area contributed by atoms with Crippen molar-refractivity contribution in [2.24, 2.45) is 0 Å². The number of amides is 2. The van der Waals surface area contributed by atoms with Gasteiger partial charge in [-0.2, -0.15) is 13.2 Å². The number of fused-ring (bicyclic) bond motifs is 2. The fourth-order valence-corrected chi connectivity index (χ4v) is 4.57. The van der Waals surface area contributed by atoms with Gasteiger partial charge in [-0.15, -0.1) is 0 Å². The largest absolute Gasteiger partial charge is 0.493 e. The number of carbonyl (C=O) groups is 2. The van der Waals surface area contributed by atoms with E-state index in [1.807, 2.05) is 19.9 Å². The average molecular weight is 488 g/mol. The van der Waals surface area contributed by atoms with Crippen molar-refractivity contribution in [3.63, 3.8) is 0 Å². The lowest BCUT2D eigenvalue weighted by atomic mass is 9.97. The summed E-state index contributed by atoms with van der Waals surface area (Å²) in [5.41, 5.74) is 2.47. The molecule has 186 valence electrons. The molecule has 2 heterocycles. The van der Waals surface area contributed by atoms with Crippen molar-refractivity contribution in [2.75, 3.05) is 30.3 Å². The zero-order valence-corrected chi connectivity index (χ0v) is 19.7. The minimum atomic E-state index is -4.47. The molecule has 0 radical (unpaired) electrons. The lowest BCUT2D eigenvalue weighted by molar-refractivity contribution is -0.137. The van der Waals surface area contributed by atoms with Crippen LogP contribution in [0.3, 0.4) is 0 Å². The Morgan fingerprint density at radius 1 is 1.20 bits per heavy atom. The summed E-state index contributed by atoms with van der Waals surface area (Å²) in [6.45, 7) is 5.87. The summed E-state index contributed by atoms with van der Waals surface area (Å²) in [7, 11) is 0. The van der Waals surface area contributed by atoms with E-state index in [1.54, 1.807) is 12.1 Å². The molecule has 1 atom stereocenters. The van der Waals surface area contributed by atoms with Crippen LogP contribution in [0.4, 0.5) is 24.5 Å². The first-order valence-electron chi connectivity index (χ1n) is 11.7. The van der Waals surface area contributed by atoms with E-state index in [1.165, 1.54) is 12.1 Å². The van der Waals surface area contributed by atoms with E-state index in [9.17, 15) is 22.8 Å². The highest BCUT2D eigenvalue weighted by molar-refractivity contribution is 6.05. The van der Waals surface area contributed by atoms with Crippen molar-refractivity contribution < 1.29 is 27.5 Å². The van der Waals surface area contributed by atoms with Crippen LogP contribution in [0, 0.1) is 0 Å². The second kappa shape index (κ2) is 10.1. The van der Waals surface area contributed by atoms with E-state index >= 15 is 0 Å². The first-order valence-corrected chi connectivity index (χ1v) is 11.7. The second-order valence-electron chi connectivity index (χ2n) is 8.62. The predicted octanol–water partition coefficient (Wildman–Crippen LogP) is 5.11. The summed E-state index contributed by atoms with van der Waals surface area (Å²) < 4.78 is 44.8. The van der Waals surface area contributed by atoms with Crippen LogP contribution in [-0.4, -0.2) is 42.5 Å². The third kappa shape index (κ3) is 5.51. The molecule has 1 unspecified atom stereocenters. The molecular formula is C26H28F3N3O3. The molecule has 2 aromatic carbocycles. The van der Waals surface area contributed by atoms with Crippen LogP contribution in [-0.2, 0) is 22.2 Å². The Balaban J connectivity index is 1.52. The highest BCUT2D eigenvalue weighted by Crippen LogP contribution is 2.38. The molecule has 0 spiro atoms. The van der Waals surface area contributed by atoms with Crippen molar-refractivity contribution in [1.82, 2.24) is 4.90 Å². The molecule has 2 aliphatic heterocycles. The highest BCUT2D eigenvalue weighted by atomic mass is 19.4. The molecule has 2 amide bonds. The summed E-state index contributed by atoms with van der Waals surface area (Å²) in [6.07, 6.45) is -1.40. The number of nitrogens with one attached hydrogen (secondary N) is 2. The number of rotatable bonds is 5. The normalized spacial score (nSPS) is 18.9. The van der Waals surface area contributed by atoms with Gasteiger partial charge in [0.25, 0.3) is 0 Å². The third-order valence-corrected chi connectivity index (χ3v) is 6.41. The molecule has 4 rings (SSSR count). The number of anilines is 2. The van der Waals surface area contributed by atoms with Gasteiger partial charge in [-0.25, -0.2) is 0 Å². The maximum atomic E-state index is 13.1. The van der Waals surface area contributed by atoms with E-state index in [2.05, 4.69) is 15.5 Å². The van der Waals surface area contributed by atoms with Gasteiger partial charge in [0.05, 0.1) is 18.2 Å². The summed E-state index contributed by atoms with van der Waals surface area (Å²) >= 11 is 0. The second-order valence-corrected chi connectivity index (χ2v) is 8.62. The molecule has 2 aromatic rings. The number of halogens is 3. The summed E-state index contributed by atoms with van der Waals surface area (Å²) in [5, 5.41) is 5.74. The summed E-state index contributed by atoms with van der Waals surface area (Å²) in [4.78, 5) is 27.5. The highest BCUT2D eigenvalue weighted by Gasteiger charge is 2.32. The predicted molar refractivity (Wildman–Crippen MR) is 128 cm³/mol. The van der Waals surface area contributed by atoms with Gasteiger partial charge in [0.2, 0.25) is 11.8 Å². The number of ether oxygens (including phenoxy) is 1. The fourth-order valence-electron chi connectivity index (χ4n) is 4.57. The molecule has 0 bridgehead atoms. The molecule has 0 aromatic heterocycles. The van der Waals surface area contributed by atoms with Crippen LogP contribution in [0.25, 0.3) is 5.57 Å². The van der Waals surface area contributed by atoms with Crippen LogP contribution < -0.4 is 15.4 Å². The number of nitrogens with zero attached hydrogens (tertiary/aromatic N) is 1. The molecule has 2 aliphatic rings. The quantitative estimate of drug-likeness (QED) is 0.576. The minimum Gasteiger partial charge on any atom is -0.493 e. The third-order valence-electron chi connectivity index (χ3n) is 6.41. The zero-order valence-electron chi connectivity index (χ0n) is 19.7. The summed E-state index contributed by atoms with van der Waals surface area (Å²) in [5.74, 6) is -0.355. The number of carbonyl (C=O) groups excluding carboxylic acids is 2. The molecule has 35 heavy (non-hydrogen) atoms. The topological polar surface area (TPSA) is 70.7 Å². The minimum absolute atomic E-state index is 0.0694. The molecule has 0 fully saturated rings. The van der Waals surface area contributed by atoms with Crippen molar-refractivity contribution in [3.05, 3.63) is 59.2 Å². The van der Waals surface area contributed by atoms with E-state index < -0.39 is 17.6 Å². The molecule has 0 saturated heterocycles. The Morgan fingerprint density at radius 3 is 2.69 bits per heavy atom. The van der Waals surface area contributed by atoms with Gasteiger partial charge >= 0.3 is 6.18 Å². The van der Waals surface area contributed by atoms with Crippen molar-refractivity contribution in [2.45, 2.75) is 45.3 Å². The van der Waals surface area contributed by atoms with Gasteiger partial charge in [0, 0.05) is 23.0 Å². The standard InChI is InChI=1S/C26H28F3N3O3/c1-3-32(4-2)22-12-17-7-9-19(15-21(17)31-25(22)34)30-24(33)13-16-6-5-11-35-23-14-18(26(27,28)29)8-10-20(16)23/h7-10,13-15,22H,3-6,11-12H2,1-2H3,(H,30,33)(H,31,34). The number of benzene rings is 2. The maximum Gasteiger partial charge on any atom is 0.416 e. The van der Waals surface area contributed by atoms with Crippen LogP contribution in [0.2, 0.25) is 0 Å². The van der Waals surface area contributed by atoms with Crippen LogP contribution >= 0.6 is 0 Å². The van der Waals surface area contributed by atoms with Crippen molar-refractivity contribution in [3.8, 4) is 5.75 Å². The van der Waals surface area contributed by atoms with Crippen LogP contribution in [0.5, 0.6) is 5.75 Å². The van der Waals surface area contributed by atoms with Gasteiger partial charge < -0.3 is 15.4 Å². The van der Waals surface area contributed by atoms with Crippen LogP contribution in [0.1, 0.15) is 43.4 Å². The molecule has 9 heteroatoms. The van der Waals surface area contributed by atoms with E-state index in [0.29, 0.717) is 41.8 Å². The molecule has 0 aliphatic carbocycles. The van der Waals surface area contributed by atoms with Gasteiger partial charge in [-0.05, 0) is 67.8 Å². The fraction of sp³-hybridized carbons (Fsp3) is 0.385.